The molecule has 84 valence electrons. The molecule has 1 rings (SSSR count). The Morgan fingerprint density at radius 2 is 2.13 bits per heavy atom. The van der Waals surface area contributed by atoms with Crippen LogP contribution in [0.5, 0.6) is 0 Å². The van der Waals surface area contributed by atoms with Gasteiger partial charge in [-0.05, 0) is 26.8 Å². The average Bonchev–Trinajstić information content (AvgIpc) is 2.18. The van der Waals surface area contributed by atoms with E-state index in [1.54, 1.807) is 12.4 Å². The van der Waals surface area contributed by atoms with E-state index < -0.39 is 0 Å². The van der Waals surface area contributed by atoms with E-state index in [0.717, 1.165) is 31.0 Å². The van der Waals surface area contributed by atoms with Crippen molar-refractivity contribution in [2.45, 2.75) is 39.8 Å². The van der Waals surface area contributed by atoms with Crippen LogP contribution in [-0.4, -0.2) is 22.6 Å². The maximum atomic E-state index is 4.45. The first-order valence-corrected chi connectivity index (χ1v) is 5.50. The van der Waals surface area contributed by atoms with Gasteiger partial charge in [0, 0.05) is 18.8 Å². The predicted octanol–water partition coefficient (Wildman–Crippen LogP) is 1.80. The van der Waals surface area contributed by atoms with E-state index in [1.165, 1.54) is 0 Å². The van der Waals surface area contributed by atoms with E-state index in [1.807, 2.05) is 0 Å². The Labute approximate surface area is 91.5 Å². The van der Waals surface area contributed by atoms with Crippen molar-refractivity contribution >= 4 is 5.82 Å². The Hall–Kier alpha value is -1.16. The third kappa shape index (κ3) is 4.74. The normalized spacial score (nSPS) is 10.7. The van der Waals surface area contributed by atoms with Crippen molar-refractivity contribution < 1.29 is 0 Å². The zero-order chi connectivity index (χ0) is 11.1. The first-order chi connectivity index (χ1) is 7.22. The van der Waals surface area contributed by atoms with E-state index >= 15 is 0 Å². The van der Waals surface area contributed by atoms with Crippen LogP contribution < -0.4 is 10.6 Å². The minimum Gasteiger partial charge on any atom is -0.367 e. The molecule has 0 saturated heterocycles. The summed E-state index contributed by atoms with van der Waals surface area (Å²) in [7, 11) is 0. The summed E-state index contributed by atoms with van der Waals surface area (Å²) in [6.45, 7) is 8.13. The van der Waals surface area contributed by atoms with Gasteiger partial charge in [0.05, 0.1) is 11.9 Å². The fourth-order valence-corrected chi connectivity index (χ4v) is 1.25. The summed E-state index contributed by atoms with van der Waals surface area (Å²) in [5.74, 6) is 0.848. The molecule has 0 aliphatic carbocycles. The summed E-state index contributed by atoms with van der Waals surface area (Å²) in [4.78, 5) is 8.60. The number of anilines is 1. The Morgan fingerprint density at radius 3 is 2.80 bits per heavy atom. The zero-order valence-electron chi connectivity index (χ0n) is 9.75. The van der Waals surface area contributed by atoms with Gasteiger partial charge in [0.2, 0.25) is 0 Å². The molecule has 1 heterocycles. The molecule has 0 radical (unpaired) electrons. The van der Waals surface area contributed by atoms with Crippen molar-refractivity contribution in [1.29, 1.82) is 0 Å². The maximum Gasteiger partial charge on any atom is 0.145 e. The molecule has 2 N–H and O–H groups in total. The van der Waals surface area contributed by atoms with E-state index in [2.05, 4.69) is 41.4 Å². The van der Waals surface area contributed by atoms with E-state index in [0.29, 0.717) is 6.04 Å². The summed E-state index contributed by atoms with van der Waals surface area (Å²) in [5, 5.41) is 6.54. The molecule has 0 spiro atoms. The lowest BCUT2D eigenvalue weighted by Gasteiger charge is -2.09. The van der Waals surface area contributed by atoms with Crippen LogP contribution >= 0.6 is 0 Å². The lowest BCUT2D eigenvalue weighted by atomic mass is 10.4. The Kier molecular flexibility index (Phi) is 5.04. The molecular formula is C11H20N4. The molecule has 4 nitrogen and oxygen atoms in total. The second-order valence-electron chi connectivity index (χ2n) is 3.87. The minimum absolute atomic E-state index is 0.387. The van der Waals surface area contributed by atoms with Gasteiger partial charge in [0.1, 0.15) is 5.82 Å². The SMILES string of the molecule is CCCNCc1cncc(NC(C)C)n1. The fourth-order valence-electron chi connectivity index (χ4n) is 1.25. The second kappa shape index (κ2) is 6.35. The van der Waals surface area contributed by atoms with Gasteiger partial charge >= 0.3 is 0 Å². The van der Waals surface area contributed by atoms with Crippen LogP contribution in [0.3, 0.4) is 0 Å². The van der Waals surface area contributed by atoms with Crippen molar-refractivity contribution in [3.8, 4) is 0 Å². The largest absolute Gasteiger partial charge is 0.367 e. The third-order valence-corrected chi connectivity index (χ3v) is 1.85. The van der Waals surface area contributed by atoms with Gasteiger partial charge in [-0.3, -0.25) is 4.98 Å². The lowest BCUT2D eigenvalue weighted by molar-refractivity contribution is 0.662. The standard InChI is InChI=1S/C11H20N4/c1-4-5-12-6-10-7-13-8-11(15-10)14-9(2)3/h7-9,12H,4-6H2,1-3H3,(H,14,15). The molecule has 4 heteroatoms. The van der Waals surface area contributed by atoms with Gasteiger partial charge in [-0.2, -0.15) is 0 Å². The lowest BCUT2D eigenvalue weighted by Crippen LogP contribution is -2.17. The number of hydrogen-bond acceptors (Lipinski definition) is 4. The molecule has 1 aromatic rings. The number of nitrogens with zero attached hydrogens (tertiary/aromatic N) is 2. The first-order valence-electron chi connectivity index (χ1n) is 5.50. The summed E-state index contributed by atoms with van der Waals surface area (Å²) >= 11 is 0. The molecule has 15 heavy (non-hydrogen) atoms. The highest BCUT2D eigenvalue weighted by Gasteiger charge is 1.99. The molecule has 0 atom stereocenters. The van der Waals surface area contributed by atoms with E-state index in [9.17, 15) is 0 Å². The summed E-state index contributed by atoms with van der Waals surface area (Å²) in [5.41, 5.74) is 0.981. The fraction of sp³-hybridized carbons (Fsp3) is 0.636. The van der Waals surface area contributed by atoms with Gasteiger partial charge in [0.25, 0.3) is 0 Å². The van der Waals surface area contributed by atoms with Crippen LogP contribution in [0.25, 0.3) is 0 Å². The van der Waals surface area contributed by atoms with Crippen LogP contribution in [0.2, 0.25) is 0 Å². The number of nitrogens with one attached hydrogen (secondary N) is 2. The van der Waals surface area contributed by atoms with E-state index in [-0.39, 0.29) is 0 Å². The third-order valence-electron chi connectivity index (χ3n) is 1.85. The molecule has 0 aliphatic heterocycles. The monoisotopic (exact) mass is 208 g/mol. The molecule has 0 aliphatic rings. The smallest absolute Gasteiger partial charge is 0.145 e. The summed E-state index contributed by atoms with van der Waals surface area (Å²) in [6, 6.07) is 0.387. The van der Waals surface area contributed by atoms with Gasteiger partial charge in [0.15, 0.2) is 0 Å². The molecule has 0 aromatic carbocycles. The van der Waals surface area contributed by atoms with Gasteiger partial charge in [-0.25, -0.2) is 4.98 Å². The Bertz CT molecular complexity index is 286. The van der Waals surface area contributed by atoms with E-state index in [4.69, 9.17) is 0 Å². The highest BCUT2D eigenvalue weighted by atomic mass is 15.0. The molecule has 0 saturated carbocycles. The summed E-state index contributed by atoms with van der Waals surface area (Å²) < 4.78 is 0. The number of aromatic nitrogens is 2. The highest BCUT2D eigenvalue weighted by molar-refractivity contribution is 5.32. The Morgan fingerprint density at radius 1 is 1.33 bits per heavy atom. The van der Waals surface area contributed by atoms with Crippen LogP contribution in [0.15, 0.2) is 12.4 Å². The number of rotatable bonds is 6. The topological polar surface area (TPSA) is 49.8 Å². The second-order valence-corrected chi connectivity index (χ2v) is 3.87. The van der Waals surface area contributed by atoms with Gasteiger partial charge < -0.3 is 10.6 Å². The van der Waals surface area contributed by atoms with Crippen molar-refractivity contribution in [1.82, 2.24) is 15.3 Å². The number of hydrogen-bond donors (Lipinski definition) is 2. The van der Waals surface area contributed by atoms with Crippen LogP contribution in [0.4, 0.5) is 5.82 Å². The molecular weight excluding hydrogens is 188 g/mol. The predicted molar refractivity (Wildman–Crippen MR) is 62.8 cm³/mol. The molecule has 0 fully saturated rings. The first kappa shape index (κ1) is 11.9. The molecule has 0 bridgehead atoms. The average molecular weight is 208 g/mol. The zero-order valence-corrected chi connectivity index (χ0v) is 9.75. The van der Waals surface area contributed by atoms with Crippen molar-refractivity contribution in [2.24, 2.45) is 0 Å². The van der Waals surface area contributed by atoms with Crippen LogP contribution in [-0.2, 0) is 6.54 Å². The maximum absolute atomic E-state index is 4.45. The summed E-state index contributed by atoms with van der Waals surface area (Å²) in [6.07, 6.45) is 4.69. The van der Waals surface area contributed by atoms with Crippen molar-refractivity contribution in [2.75, 3.05) is 11.9 Å². The highest BCUT2D eigenvalue weighted by Crippen LogP contribution is 2.03. The van der Waals surface area contributed by atoms with Crippen LogP contribution in [0, 0.1) is 0 Å². The Balaban J connectivity index is 2.50. The van der Waals surface area contributed by atoms with Crippen molar-refractivity contribution in [3.05, 3.63) is 18.1 Å². The minimum atomic E-state index is 0.387. The quantitative estimate of drug-likeness (QED) is 0.700. The van der Waals surface area contributed by atoms with Crippen molar-refractivity contribution in [3.63, 3.8) is 0 Å². The molecule has 0 amide bonds. The van der Waals surface area contributed by atoms with Gasteiger partial charge in [-0.15, -0.1) is 0 Å². The molecule has 1 aromatic heterocycles. The van der Waals surface area contributed by atoms with Gasteiger partial charge in [-0.1, -0.05) is 6.92 Å². The van der Waals surface area contributed by atoms with Crippen LogP contribution in [0.1, 0.15) is 32.9 Å². The molecule has 0 unspecified atom stereocenters.